The Labute approximate surface area is 117 Å². The molecule has 3 rings (SSSR count). The largest absolute Gasteiger partial charge is 0.388 e. The lowest BCUT2D eigenvalue weighted by Gasteiger charge is -2.19. The monoisotopic (exact) mass is 275 g/mol. The molecule has 19 heavy (non-hydrogen) atoms. The molecule has 1 aromatic rings. The van der Waals surface area contributed by atoms with Crippen LogP contribution in [0.25, 0.3) is 0 Å². The van der Waals surface area contributed by atoms with E-state index < -0.39 is 0 Å². The van der Waals surface area contributed by atoms with Crippen LogP contribution in [0.1, 0.15) is 30.0 Å². The molecule has 5 nitrogen and oxygen atoms in total. The zero-order valence-corrected chi connectivity index (χ0v) is 11.6. The normalized spacial score (nSPS) is 22.3. The van der Waals surface area contributed by atoms with E-state index in [1.54, 1.807) is 0 Å². The van der Waals surface area contributed by atoms with E-state index >= 15 is 0 Å². The van der Waals surface area contributed by atoms with Gasteiger partial charge in [-0.15, -0.1) is 0 Å². The molecule has 0 aromatic heterocycles. The highest BCUT2D eigenvalue weighted by Crippen LogP contribution is 2.49. The van der Waals surface area contributed by atoms with Crippen LogP contribution in [-0.2, 0) is 0 Å². The predicted octanol–water partition coefficient (Wildman–Crippen LogP) is 1.58. The maximum atomic E-state index is 5.29. The first-order chi connectivity index (χ1) is 9.20. The molecule has 0 amide bonds. The number of fused-ring (bicyclic) bond motifs is 1. The van der Waals surface area contributed by atoms with Gasteiger partial charge in [0.15, 0.2) is 0 Å². The van der Waals surface area contributed by atoms with Crippen molar-refractivity contribution < 1.29 is 0 Å². The Morgan fingerprint density at radius 2 is 2.37 bits per heavy atom. The third-order valence-electron chi connectivity index (χ3n) is 3.66. The van der Waals surface area contributed by atoms with E-state index in [4.69, 9.17) is 18.0 Å². The van der Waals surface area contributed by atoms with E-state index in [9.17, 15) is 0 Å². The van der Waals surface area contributed by atoms with Crippen molar-refractivity contribution in [3.8, 4) is 0 Å². The van der Waals surface area contributed by atoms with E-state index in [-0.39, 0.29) is 0 Å². The lowest BCUT2D eigenvalue weighted by atomic mass is 10.00. The van der Waals surface area contributed by atoms with Crippen LogP contribution in [0.3, 0.4) is 0 Å². The maximum absolute atomic E-state index is 5.29. The molecule has 2 aliphatic rings. The number of hydrogen-bond donors (Lipinski definition) is 3. The van der Waals surface area contributed by atoms with E-state index in [2.05, 4.69) is 40.1 Å². The second-order valence-corrected chi connectivity index (χ2v) is 5.43. The van der Waals surface area contributed by atoms with Gasteiger partial charge in [0.05, 0.1) is 11.7 Å². The van der Waals surface area contributed by atoms with E-state index in [1.807, 2.05) is 6.07 Å². The summed E-state index contributed by atoms with van der Waals surface area (Å²) in [6.45, 7) is 0. The highest BCUT2D eigenvalue weighted by Gasteiger charge is 2.40. The Morgan fingerprint density at radius 3 is 3.05 bits per heavy atom. The van der Waals surface area contributed by atoms with Gasteiger partial charge in [0, 0.05) is 12.6 Å². The zero-order chi connectivity index (χ0) is 13.4. The lowest BCUT2D eigenvalue weighted by molar-refractivity contribution is 0.289. The molecule has 1 aliphatic carbocycles. The average molecular weight is 275 g/mol. The van der Waals surface area contributed by atoms with Gasteiger partial charge in [0.1, 0.15) is 11.3 Å². The smallest absolute Gasteiger partial charge is 0.126 e. The Hall–Kier alpha value is -1.66. The number of rotatable bonds is 3. The standard InChI is InChI=1S/C13H17N5S/c1-18-12(8-2-3-8)10-6-9(4-5-11(10)17-18)13(19)16-15-7-14/h4-8,12,17H,2-3H2,1H3,(H2,14,15)(H,16,19). The van der Waals surface area contributed by atoms with Crippen LogP contribution in [0.2, 0.25) is 0 Å². The lowest BCUT2D eigenvalue weighted by Crippen LogP contribution is -2.24. The molecule has 100 valence electrons. The number of hydrazine groups is 1. The fraction of sp³-hybridized carbons (Fsp3) is 0.385. The number of hydrazone groups is 1. The van der Waals surface area contributed by atoms with Crippen molar-refractivity contribution in [1.82, 2.24) is 10.4 Å². The molecule has 1 heterocycles. The summed E-state index contributed by atoms with van der Waals surface area (Å²) in [6, 6.07) is 6.67. The van der Waals surface area contributed by atoms with Gasteiger partial charge in [-0.25, -0.2) is 5.01 Å². The molecule has 1 aliphatic heterocycles. The average Bonchev–Trinajstić information content (AvgIpc) is 3.18. The first-order valence-electron chi connectivity index (χ1n) is 6.37. The summed E-state index contributed by atoms with van der Waals surface area (Å²) in [7, 11) is 2.10. The van der Waals surface area contributed by atoms with Crippen LogP contribution in [-0.4, -0.2) is 23.4 Å². The number of nitrogens with one attached hydrogen (secondary N) is 2. The summed E-state index contributed by atoms with van der Waals surface area (Å²) in [5, 5.41) is 5.95. The van der Waals surface area contributed by atoms with Crippen molar-refractivity contribution in [1.29, 1.82) is 0 Å². The molecule has 0 spiro atoms. The highest BCUT2D eigenvalue weighted by atomic mass is 32.1. The molecule has 1 aromatic carbocycles. The van der Waals surface area contributed by atoms with Crippen molar-refractivity contribution in [2.75, 3.05) is 12.5 Å². The summed E-state index contributed by atoms with van der Waals surface area (Å²) < 4.78 is 0. The number of nitrogens with zero attached hydrogens (tertiary/aromatic N) is 2. The van der Waals surface area contributed by atoms with Gasteiger partial charge < -0.3 is 11.2 Å². The number of anilines is 1. The van der Waals surface area contributed by atoms with Gasteiger partial charge in [-0.2, -0.15) is 5.10 Å². The Balaban J connectivity index is 1.88. The minimum Gasteiger partial charge on any atom is -0.388 e. The Kier molecular flexibility index (Phi) is 3.12. The van der Waals surface area contributed by atoms with Crippen LogP contribution in [0, 0.1) is 5.92 Å². The fourth-order valence-electron chi connectivity index (χ4n) is 2.66. The molecule has 1 saturated carbocycles. The SMILES string of the molecule is CN1Nc2ccc(C(=S)N/N=C/N)cc2C1C1CC1. The maximum Gasteiger partial charge on any atom is 0.126 e. The molecule has 1 fully saturated rings. The molecule has 0 saturated heterocycles. The summed E-state index contributed by atoms with van der Waals surface area (Å²) in [6.07, 6.45) is 3.81. The van der Waals surface area contributed by atoms with Gasteiger partial charge in [-0.05, 0) is 42.5 Å². The Bertz CT molecular complexity index is 538. The summed E-state index contributed by atoms with van der Waals surface area (Å²) in [4.78, 5) is 0.591. The summed E-state index contributed by atoms with van der Waals surface area (Å²) >= 11 is 5.29. The molecule has 1 atom stereocenters. The Morgan fingerprint density at radius 1 is 1.58 bits per heavy atom. The van der Waals surface area contributed by atoms with E-state index in [1.165, 1.54) is 30.4 Å². The minimum atomic E-state index is 0.454. The number of thiocarbonyl (C=S) groups is 1. The zero-order valence-electron chi connectivity index (χ0n) is 10.8. The third-order valence-corrected chi connectivity index (χ3v) is 3.98. The van der Waals surface area contributed by atoms with E-state index in [0.29, 0.717) is 11.0 Å². The molecule has 1 unspecified atom stereocenters. The number of nitrogens with two attached hydrogens (primary N) is 1. The van der Waals surface area contributed by atoms with Crippen molar-refractivity contribution in [3.05, 3.63) is 29.3 Å². The predicted molar refractivity (Wildman–Crippen MR) is 80.8 cm³/mol. The quantitative estimate of drug-likeness (QED) is 0.338. The first kappa shape index (κ1) is 12.4. The molecule has 0 bridgehead atoms. The van der Waals surface area contributed by atoms with Gasteiger partial charge >= 0.3 is 0 Å². The minimum absolute atomic E-state index is 0.454. The highest BCUT2D eigenvalue weighted by molar-refractivity contribution is 7.80. The van der Waals surface area contributed by atoms with Gasteiger partial charge in [0.25, 0.3) is 0 Å². The molecular formula is C13H17N5S. The second kappa shape index (κ2) is 4.79. The molecule has 4 N–H and O–H groups in total. The van der Waals surface area contributed by atoms with Crippen LogP contribution in [0.15, 0.2) is 23.3 Å². The van der Waals surface area contributed by atoms with Gasteiger partial charge in [0.2, 0.25) is 0 Å². The molecule has 6 heteroatoms. The van der Waals surface area contributed by atoms with Crippen molar-refractivity contribution in [2.24, 2.45) is 16.8 Å². The van der Waals surface area contributed by atoms with Gasteiger partial charge in [-0.1, -0.05) is 12.2 Å². The summed E-state index contributed by atoms with van der Waals surface area (Å²) in [5.74, 6) is 0.762. The van der Waals surface area contributed by atoms with E-state index in [0.717, 1.165) is 11.5 Å². The van der Waals surface area contributed by atoms with Crippen LogP contribution in [0.4, 0.5) is 5.69 Å². The van der Waals surface area contributed by atoms with Crippen molar-refractivity contribution >= 4 is 29.2 Å². The topological polar surface area (TPSA) is 65.7 Å². The van der Waals surface area contributed by atoms with Crippen LogP contribution >= 0.6 is 12.2 Å². The van der Waals surface area contributed by atoms with Crippen LogP contribution < -0.4 is 16.6 Å². The third kappa shape index (κ3) is 2.29. The fourth-order valence-corrected chi connectivity index (χ4v) is 2.84. The number of benzene rings is 1. The first-order valence-corrected chi connectivity index (χ1v) is 6.78. The van der Waals surface area contributed by atoms with Crippen LogP contribution in [0.5, 0.6) is 0 Å². The summed E-state index contributed by atoms with van der Waals surface area (Å²) in [5.41, 5.74) is 14.8. The van der Waals surface area contributed by atoms with Gasteiger partial charge in [-0.3, -0.25) is 5.43 Å². The molecular weight excluding hydrogens is 258 g/mol. The van der Waals surface area contributed by atoms with Crippen molar-refractivity contribution in [2.45, 2.75) is 18.9 Å². The second-order valence-electron chi connectivity index (χ2n) is 5.03. The number of hydrogen-bond acceptors (Lipinski definition) is 4. The molecule has 0 radical (unpaired) electrons. The van der Waals surface area contributed by atoms with Crippen molar-refractivity contribution in [3.63, 3.8) is 0 Å².